The van der Waals surface area contributed by atoms with Crippen molar-refractivity contribution < 1.29 is 15.0 Å². The van der Waals surface area contributed by atoms with E-state index in [0.29, 0.717) is 6.54 Å². The third-order valence-corrected chi connectivity index (χ3v) is 1.36. The van der Waals surface area contributed by atoms with Gasteiger partial charge in [-0.25, -0.2) is 0 Å². The van der Waals surface area contributed by atoms with Crippen LogP contribution in [0.25, 0.3) is 0 Å². The number of nitrogens with one attached hydrogen (secondary N) is 1. The van der Waals surface area contributed by atoms with E-state index < -0.39 is 12.0 Å². The molecule has 0 spiro atoms. The quantitative estimate of drug-likeness (QED) is 0.565. The fourth-order valence-corrected chi connectivity index (χ4v) is 0.659. The second-order valence-electron chi connectivity index (χ2n) is 4.01. The predicted molar refractivity (Wildman–Crippen MR) is 46.0 cm³/mol. The molecule has 3 N–H and O–H groups in total. The first-order valence-corrected chi connectivity index (χ1v) is 3.94. The zero-order valence-corrected chi connectivity index (χ0v) is 7.79. The lowest BCUT2D eigenvalue weighted by Crippen LogP contribution is -2.43. The predicted octanol–water partition coefficient (Wildman–Crippen LogP) is 0.0676. The number of carbonyl (C=O) groups is 1. The van der Waals surface area contributed by atoms with Crippen LogP contribution in [0.1, 0.15) is 20.8 Å². The highest BCUT2D eigenvalue weighted by molar-refractivity contribution is 5.73. The van der Waals surface area contributed by atoms with Gasteiger partial charge in [-0.3, -0.25) is 4.79 Å². The Kier molecular flexibility index (Phi) is 4.20. The number of hydrogen-bond donors (Lipinski definition) is 3. The topological polar surface area (TPSA) is 69.6 Å². The molecule has 1 atom stereocenters. The molecule has 1 unspecified atom stereocenters. The molecule has 0 aliphatic rings. The molecule has 72 valence electrons. The third kappa shape index (κ3) is 5.09. The fourth-order valence-electron chi connectivity index (χ4n) is 0.659. The molecule has 0 fully saturated rings. The van der Waals surface area contributed by atoms with Crippen LogP contribution in [0.5, 0.6) is 0 Å². The second-order valence-corrected chi connectivity index (χ2v) is 4.01. The lowest BCUT2D eigenvalue weighted by atomic mass is 9.96. The number of hydrogen-bond acceptors (Lipinski definition) is 3. The number of rotatable bonds is 4. The molecular weight excluding hydrogens is 158 g/mol. The highest BCUT2D eigenvalue weighted by Crippen LogP contribution is 2.10. The minimum atomic E-state index is -1.01. The molecule has 0 radical (unpaired) electrons. The number of carboxylic acid groups (broad SMARTS) is 1. The Morgan fingerprint density at radius 1 is 1.50 bits per heavy atom. The summed E-state index contributed by atoms with van der Waals surface area (Å²) in [5, 5.41) is 20.0. The summed E-state index contributed by atoms with van der Waals surface area (Å²) in [7, 11) is 0. The SMILES string of the molecule is CC(C)(C)CNC(CO)C(=O)O. The van der Waals surface area contributed by atoms with Gasteiger partial charge in [0.25, 0.3) is 0 Å². The number of aliphatic carboxylic acids is 1. The van der Waals surface area contributed by atoms with Gasteiger partial charge in [0.15, 0.2) is 0 Å². The first kappa shape index (κ1) is 11.4. The Morgan fingerprint density at radius 3 is 2.25 bits per heavy atom. The zero-order valence-electron chi connectivity index (χ0n) is 7.79. The van der Waals surface area contributed by atoms with Crippen LogP contribution in [0.15, 0.2) is 0 Å². The lowest BCUT2D eigenvalue weighted by Gasteiger charge is -2.21. The van der Waals surface area contributed by atoms with Crippen molar-refractivity contribution in [3.8, 4) is 0 Å². The van der Waals surface area contributed by atoms with Gasteiger partial charge >= 0.3 is 5.97 Å². The van der Waals surface area contributed by atoms with Gasteiger partial charge in [0.2, 0.25) is 0 Å². The van der Waals surface area contributed by atoms with Gasteiger partial charge in [-0.05, 0) is 5.41 Å². The summed E-state index contributed by atoms with van der Waals surface area (Å²) in [6, 6.07) is -0.843. The molecule has 0 bridgehead atoms. The summed E-state index contributed by atoms with van der Waals surface area (Å²) >= 11 is 0. The Bertz CT molecular complexity index is 151. The van der Waals surface area contributed by atoms with Gasteiger partial charge in [0, 0.05) is 6.54 Å². The van der Waals surface area contributed by atoms with Crippen molar-refractivity contribution in [2.75, 3.05) is 13.2 Å². The van der Waals surface area contributed by atoms with Gasteiger partial charge in [0.05, 0.1) is 6.61 Å². The minimum absolute atomic E-state index is 0.0306. The Morgan fingerprint density at radius 2 is 2.00 bits per heavy atom. The first-order valence-electron chi connectivity index (χ1n) is 3.94. The average molecular weight is 175 g/mol. The largest absolute Gasteiger partial charge is 0.480 e. The van der Waals surface area contributed by atoms with Crippen LogP contribution in [0.2, 0.25) is 0 Å². The van der Waals surface area contributed by atoms with Crippen molar-refractivity contribution in [1.82, 2.24) is 5.32 Å². The molecule has 0 aromatic heterocycles. The molecule has 0 heterocycles. The molecule has 4 heteroatoms. The second kappa shape index (κ2) is 4.42. The lowest BCUT2D eigenvalue weighted by molar-refractivity contribution is -0.140. The van der Waals surface area contributed by atoms with Gasteiger partial charge in [-0.2, -0.15) is 0 Å². The van der Waals surface area contributed by atoms with Crippen LogP contribution in [0, 0.1) is 5.41 Å². The molecule has 0 aromatic rings. The molecule has 0 aromatic carbocycles. The maximum absolute atomic E-state index is 10.4. The fraction of sp³-hybridized carbons (Fsp3) is 0.875. The monoisotopic (exact) mass is 175 g/mol. The van der Waals surface area contributed by atoms with E-state index in [0.717, 1.165) is 0 Å². The molecular formula is C8H17NO3. The third-order valence-electron chi connectivity index (χ3n) is 1.36. The molecule has 0 saturated heterocycles. The van der Waals surface area contributed by atoms with Crippen LogP contribution in [0.4, 0.5) is 0 Å². The summed E-state index contributed by atoms with van der Waals surface area (Å²) in [4.78, 5) is 10.4. The number of carboxylic acids is 1. The van der Waals surface area contributed by atoms with E-state index in [1.54, 1.807) is 0 Å². The van der Waals surface area contributed by atoms with E-state index in [1.807, 2.05) is 20.8 Å². The molecule has 0 saturated carbocycles. The van der Waals surface area contributed by atoms with Crippen LogP contribution in [0.3, 0.4) is 0 Å². The maximum atomic E-state index is 10.4. The summed E-state index contributed by atoms with van der Waals surface area (Å²) in [5.74, 6) is -1.01. The van der Waals surface area contributed by atoms with E-state index in [4.69, 9.17) is 10.2 Å². The summed E-state index contributed by atoms with van der Waals surface area (Å²) in [5.41, 5.74) is 0.0306. The first-order chi connectivity index (χ1) is 5.37. The van der Waals surface area contributed by atoms with Crippen molar-refractivity contribution in [2.24, 2.45) is 5.41 Å². The summed E-state index contributed by atoms with van der Waals surface area (Å²) < 4.78 is 0. The smallest absolute Gasteiger partial charge is 0.323 e. The highest BCUT2D eigenvalue weighted by Gasteiger charge is 2.18. The number of aliphatic hydroxyl groups is 1. The van der Waals surface area contributed by atoms with Gasteiger partial charge < -0.3 is 15.5 Å². The van der Waals surface area contributed by atoms with Crippen molar-refractivity contribution >= 4 is 5.97 Å². The van der Waals surface area contributed by atoms with Crippen molar-refractivity contribution in [3.05, 3.63) is 0 Å². The van der Waals surface area contributed by atoms with Crippen LogP contribution < -0.4 is 5.32 Å². The van der Waals surface area contributed by atoms with Crippen LogP contribution in [-0.2, 0) is 4.79 Å². The molecule has 0 amide bonds. The molecule has 12 heavy (non-hydrogen) atoms. The zero-order chi connectivity index (χ0) is 9.78. The molecule has 0 aliphatic heterocycles. The van der Waals surface area contributed by atoms with E-state index in [1.165, 1.54) is 0 Å². The van der Waals surface area contributed by atoms with Gasteiger partial charge in [-0.1, -0.05) is 20.8 Å². The highest BCUT2D eigenvalue weighted by atomic mass is 16.4. The van der Waals surface area contributed by atoms with Crippen molar-refractivity contribution in [2.45, 2.75) is 26.8 Å². The summed E-state index contributed by atoms with van der Waals surface area (Å²) in [6.07, 6.45) is 0. The van der Waals surface area contributed by atoms with Crippen LogP contribution in [-0.4, -0.2) is 35.4 Å². The van der Waals surface area contributed by atoms with Gasteiger partial charge in [-0.15, -0.1) is 0 Å². The van der Waals surface area contributed by atoms with E-state index in [2.05, 4.69) is 5.32 Å². The maximum Gasteiger partial charge on any atom is 0.323 e. The average Bonchev–Trinajstić information content (AvgIpc) is 1.85. The Hall–Kier alpha value is -0.610. The molecule has 0 rings (SSSR count). The van der Waals surface area contributed by atoms with E-state index in [-0.39, 0.29) is 12.0 Å². The van der Waals surface area contributed by atoms with E-state index >= 15 is 0 Å². The van der Waals surface area contributed by atoms with Crippen molar-refractivity contribution in [3.63, 3.8) is 0 Å². The standard InChI is InChI=1S/C8H17NO3/c1-8(2,3)5-9-6(4-10)7(11)12/h6,9-10H,4-5H2,1-3H3,(H,11,12). The van der Waals surface area contributed by atoms with E-state index in [9.17, 15) is 4.79 Å². The minimum Gasteiger partial charge on any atom is -0.480 e. The summed E-state index contributed by atoms with van der Waals surface area (Å²) in [6.45, 7) is 6.19. The Labute approximate surface area is 72.6 Å². The molecule has 4 nitrogen and oxygen atoms in total. The molecule has 0 aliphatic carbocycles. The van der Waals surface area contributed by atoms with Gasteiger partial charge in [0.1, 0.15) is 6.04 Å². The number of aliphatic hydroxyl groups excluding tert-OH is 1. The van der Waals surface area contributed by atoms with Crippen LogP contribution >= 0.6 is 0 Å². The normalized spacial score (nSPS) is 14.3. The Balaban J connectivity index is 3.81. The van der Waals surface area contributed by atoms with Crippen molar-refractivity contribution in [1.29, 1.82) is 0 Å².